The molecule has 0 saturated heterocycles. The van der Waals surface area contributed by atoms with Gasteiger partial charge in [0.05, 0.1) is 6.26 Å². The van der Waals surface area contributed by atoms with Gasteiger partial charge in [-0.3, -0.25) is 0 Å². The number of carbonyl (C=O) groups excluding carboxylic acids is 1. The van der Waals surface area contributed by atoms with Gasteiger partial charge in [0.15, 0.2) is 6.29 Å². The van der Waals surface area contributed by atoms with Crippen molar-refractivity contribution in [2.75, 3.05) is 0 Å². The van der Waals surface area contributed by atoms with Crippen molar-refractivity contribution >= 4 is 6.29 Å². The van der Waals surface area contributed by atoms with Crippen molar-refractivity contribution in [2.45, 2.75) is 18.9 Å². The second-order valence-corrected chi connectivity index (χ2v) is 2.73. The molecule has 1 unspecified atom stereocenters. The van der Waals surface area contributed by atoms with Crippen molar-refractivity contribution in [1.29, 1.82) is 0 Å². The highest BCUT2D eigenvalue weighted by atomic mass is 16.3. The van der Waals surface area contributed by atoms with Gasteiger partial charge < -0.3 is 14.3 Å². The van der Waals surface area contributed by atoms with E-state index in [1.54, 1.807) is 12.1 Å². The van der Waals surface area contributed by atoms with E-state index in [2.05, 4.69) is 0 Å². The zero-order valence-electron chi connectivity index (χ0n) is 6.28. The van der Waals surface area contributed by atoms with Crippen LogP contribution in [0.5, 0.6) is 0 Å². The van der Waals surface area contributed by atoms with Gasteiger partial charge in [0.2, 0.25) is 0 Å². The van der Waals surface area contributed by atoms with E-state index in [9.17, 15) is 9.90 Å². The van der Waals surface area contributed by atoms with Crippen molar-refractivity contribution < 1.29 is 14.3 Å². The van der Waals surface area contributed by atoms with Crippen LogP contribution in [0, 0.1) is 0 Å². The van der Waals surface area contributed by atoms with Gasteiger partial charge in [-0.1, -0.05) is 0 Å². The van der Waals surface area contributed by atoms with E-state index in [0.29, 0.717) is 12.0 Å². The molecule has 3 heteroatoms. The lowest BCUT2D eigenvalue weighted by Gasteiger charge is -2.12. The standard InChI is InChI=1S/C8H10O3/c1-8(10,6-9)5-7-3-2-4-11-7/h2-4,6,10H,5H2,1H3. The minimum atomic E-state index is -1.31. The highest BCUT2D eigenvalue weighted by molar-refractivity contribution is 5.61. The van der Waals surface area contributed by atoms with E-state index in [0.717, 1.165) is 0 Å². The summed E-state index contributed by atoms with van der Waals surface area (Å²) >= 11 is 0. The van der Waals surface area contributed by atoms with Crippen LogP contribution in [0.1, 0.15) is 12.7 Å². The van der Waals surface area contributed by atoms with Crippen LogP contribution in [0.15, 0.2) is 22.8 Å². The molecule has 3 nitrogen and oxygen atoms in total. The predicted molar refractivity (Wildman–Crippen MR) is 39.1 cm³/mol. The number of carbonyl (C=O) groups is 1. The number of hydrogen-bond donors (Lipinski definition) is 1. The maximum atomic E-state index is 10.3. The Morgan fingerprint density at radius 1 is 1.82 bits per heavy atom. The molecule has 11 heavy (non-hydrogen) atoms. The van der Waals surface area contributed by atoms with E-state index in [1.807, 2.05) is 0 Å². The summed E-state index contributed by atoms with van der Waals surface area (Å²) in [5.74, 6) is 0.613. The van der Waals surface area contributed by atoms with Crippen LogP contribution in [0.3, 0.4) is 0 Å². The van der Waals surface area contributed by atoms with Gasteiger partial charge in [0.25, 0.3) is 0 Å². The lowest BCUT2D eigenvalue weighted by molar-refractivity contribution is -0.122. The highest BCUT2D eigenvalue weighted by Crippen LogP contribution is 2.10. The van der Waals surface area contributed by atoms with Crippen LogP contribution in [0.2, 0.25) is 0 Å². The minimum absolute atomic E-state index is 0.226. The molecule has 0 aromatic carbocycles. The van der Waals surface area contributed by atoms with Crippen molar-refractivity contribution in [2.24, 2.45) is 0 Å². The van der Waals surface area contributed by atoms with Gasteiger partial charge in [-0.05, 0) is 19.1 Å². The molecule has 0 fully saturated rings. The largest absolute Gasteiger partial charge is 0.469 e. The molecule has 0 saturated carbocycles. The molecule has 1 heterocycles. The van der Waals surface area contributed by atoms with Gasteiger partial charge in [0, 0.05) is 6.42 Å². The molecule has 0 bridgehead atoms. The van der Waals surface area contributed by atoms with Crippen LogP contribution in [0.4, 0.5) is 0 Å². The molecule has 1 atom stereocenters. The first-order chi connectivity index (χ1) is 5.14. The number of furan rings is 1. The first-order valence-electron chi connectivity index (χ1n) is 3.35. The second-order valence-electron chi connectivity index (χ2n) is 2.73. The highest BCUT2D eigenvalue weighted by Gasteiger charge is 2.20. The number of aldehydes is 1. The quantitative estimate of drug-likeness (QED) is 0.654. The van der Waals surface area contributed by atoms with E-state index in [-0.39, 0.29) is 6.42 Å². The molecular weight excluding hydrogens is 144 g/mol. The summed E-state index contributed by atoms with van der Waals surface area (Å²) in [4.78, 5) is 10.3. The Morgan fingerprint density at radius 2 is 2.55 bits per heavy atom. The average molecular weight is 154 g/mol. The fraction of sp³-hybridized carbons (Fsp3) is 0.375. The third-order valence-corrected chi connectivity index (χ3v) is 1.37. The topological polar surface area (TPSA) is 50.4 Å². The summed E-state index contributed by atoms with van der Waals surface area (Å²) in [6, 6.07) is 3.44. The van der Waals surface area contributed by atoms with Crippen LogP contribution in [-0.4, -0.2) is 17.0 Å². The fourth-order valence-electron chi connectivity index (χ4n) is 0.808. The molecule has 0 aliphatic carbocycles. The van der Waals surface area contributed by atoms with Gasteiger partial charge >= 0.3 is 0 Å². The summed E-state index contributed by atoms with van der Waals surface area (Å²) in [5, 5.41) is 9.27. The Hall–Kier alpha value is -1.09. The summed E-state index contributed by atoms with van der Waals surface area (Å²) in [5.41, 5.74) is -1.31. The van der Waals surface area contributed by atoms with E-state index in [1.165, 1.54) is 13.2 Å². The molecule has 0 radical (unpaired) electrons. The first kappa shape index (κ1) is 8.01. The number of hydrogen-bond acceptors (Lipinski definition) is 3. The molecule has 1 aromatic heterocycles. The maximum absolute atomic E-state index is 10.3. The lowest BCUT2D eigenvalue weighted by atomic mass is 10.0. The summed E-state index contributed by atoms with van der Waals surface area (Å²) < 4.78 is 4.95. The third-order valence-electron chi connectivity index (χ3n) is 1.37. The Kier molecular flexibility index (Phi) is 2.10. The molecule has 1 aromatic rings. The summed E-state index contributed by atoms with van der Waals surface area (Å²) in [6.45, 7) is 1.45. The van der Waals surface area contributed by atoms with Crippen molar-refractivity contribution in [3.8, 4) is 0 Å². The van der Waals surface area contributed by atoms with Crippen molar-refractivity contribution in [3.05, 3.63) is 24.2 Å². The second kappa shape index (κ2) is 2.88. The van der Waals surface area contributed by atoms with E-state index in [4.69, 9.17) is 4.42 Å². The normalized spacial score (nSPS) is 15.8. The van der Waals surface area contributed by atoms with Gasteiger partial charge in [0.1, 0.15) is 11.4 Å². The van der Waals surface area contributed by atoms with E-state index >= 15 is 0 Å². The molecule has 0 amide bonds. The average Bonchev–Trinajstić information content (AvgIpc) is 2.39. The van der Waals surface area contributed by atoms with Crippen molar-refractivity contribution in [1.82, 2.24) is 0 Å². The zero-order valence-corrected chi connectivity index (χ0v) is 6.28. The van der Waals surface area contributed by atoms with Crippen LogP contribution >= 0.6 is 0 Å². The molecule has 0 aliphatic heterocycles. The lowest BCUT2D eigenvalue weighted by Crippen LogP contribution is -2.28. The van der Waals surface area contributed by atoms with Gasteiger partial charge in [-0.15, -0.1) is 0 Å². The predicted octanol–water partition coefficient (Wildman–Crippen LogP) is 0.772. The monoisotopic (exact) mass is 154 g/mol. The molecule has 1 rings (SSSR count). The van der Waals surface area contributed by atoms with E-state index < -0.39 is 5.60 Å². The van der Waals surface area contributed by atoms with Gasteiger partial charge in [-0.25, -0.2) is 0 Å². The molecule has 0 spiro atoms. The smallest absolute Gasteiger partial charge is 0.151 e. The van der Waals surface area contributed by atoms with Crippen LogP contribution < -0.4 is 0 Å². The summed E-state index contributed by atoms with van der Waals surface area (Å²) in [7, 11) is 0. The first-order valence-corrected chi connectivity index (χ1v) is 3.35. The Balaban J connectivity index is 2.63. The van der Waals surface area contributed by atoms with Crippen LogP contribution in [-0.2, 0) is 11.2 Å². The number of aliphatic hydroxyl groups is 1. The Labute approximate surface area is 64.6 Å². The maximum Gasteiger partial charge on any atom is 0.151 e. The molecule has 1 N–H and O–H groups in total. The fourth-order valence-corrected chi connectivity index (χ4v) is 0.808. The molecule has 60 valence electrons. The SMILES string of the molecule is CC(O)(C=O)Cc1ccco1. The zero-order chi connectivity index (χ0) is 8.32. The molecule has 0 aliphatic rings. The van der Waals surface area contributed by atoms with Crippen molar-refractivity contribution in [3.63, 3.8) is 0 Å². The van der Waals surface area contributed by atoms with Gasteiger partial charge in [-0.2, -0.15) is 0 Å². The Bertz CT molecular complexity index is 223. The summed E-state index contributed by atoms with van der Waals surface area (Å²) in [6.07, 6.45) is 2.25. The van der Waals surface area contributed by atoms with Crippen LogP contribution in [0.25, 0.3) is 0 Å². The number of rotatable bonds is 3. The Morgan fingerprint density at radius 3 is 3.00 bits per heavy atom. The minimum Gasteiger partial charge on any atom is -0.469 e. The molecular formula is C8H10O3. The third kappa shape index (κ3) is 2.20.